The zero-order chi connectivity index (χ0) is 26.7. The van der Waals surface area contributed by atoms with Gasteiger partial charge in [-0.3, -0.25) is 9.36 Å². The lowest BCUT2D eigenvalue weighted by Gasteiger charge is -2.25. The molecule has 2 aromatic carbocycles. The molecule has 0 amide bonds. The van der Waals surface area contributed by atoms with Crippen molar-refractivity contribution in [2.24, 2.45) is 4.99 Å². The number of halogens is 1. The second kappa shape index (κ2) is 11.5. The lowest BCUT2D eigenvalue weighted by molar-refractivity contribution is -0.139. The molecule has 4 rings (SSSR count). The van der Waals surface area contributed by atoms with Crippen molar-refractivity contribution in [3.63, 3.8) is 0 Å². The fourth-order valence-electron chi connectivity index (χ4n) is 4.16. The van der Waals surface area contributed by atoms with E-state index in [-0.39, 0.29) is 12.2 Å². The first-order valence-corrected chi connectivity index (χ1v) is 13.6. The maximum absolute atomic E-state index is 13.8. The fraction of sp³-hybridized carbons (Fsp3) is 0.296. The van der Waals surface area contributed by atoms with E-state index in [1.807, 2.05) is 37.3 Å². The van der Waals surface area contributed by atoms with Crippen LogP contribution in [0.2, 0.25) is 0 Å². The number of allylic oxidation sites excluding steroid dienone is 1. The van der Waals surface area contributed by atoms with Crippen molar-refractivity contribution in [2.75, 3.05) is 27.4 Å². The van der Waals surface area contributed by atoms with Gasteiger partial charge in [0.2, 0.25) is 0 Å². The largest absolute Gasteiger partial charge is 0.496 e. The van der Waals surface area contributed by atoms with Crippen molar-refractivity contribution in [3.8, 4) is 17.2 Å². The zero-order valence-corrected chi connectivity index (χ0v) is 24.1. The number of benzene rings is 2. The predicted octanol–water partition coefficient (Wildman–Crippen LogP) is 3.82. The smallest absolute Gasteiger partial charge is 0.338 e. The van der Waals surface area contributed by atoms with Crippen molar-refractivity contribution >= 4 is 46.0 Å². The Hall–Kier alpha value is -3.12. The van der Waals surface area contributed by atoms with Crippen LogP contribution in [0.3, 0.4) is 0 Å². The summed E-state index contributed by atoms with van der Waals surface area (Å²) < 4.78 is 24.9. The summed E-state index contributed by atoms with van der Waals surface area (Å²) in [5.74, 6) is 1.33. The Morgan fingerprint density at radius 1 is 1.08 bits per heavy atom. The summed E-state index contributed by atoms with van der Waals surface area (Å²) in [6.07, 6.45) is 1.82. The molecule has 0 unspecified atom stereocenters. The highest BCUT2D eigenvalue weighted by atomic mass is 127. The minimum Gasteiger partial charge on any atom is -0.496 e. The van der Waals surface area contributed by atoms with Crippen LogP contribution >= 0.6 is 33.9 Å². The Morgan fingerprint density at radius 2 is 1.81 bits per heavy atom. The minimum atomic E-state index is -0.737. The highest BCUT2D eigenvalue weighted by molar-refractivity contribution is 14.1. The molecule has 0 saturated carbocycles. The van der Waals surface area contributed by atoms with E-state index in [1.165, 1.54) is 11.3 Å². The average Bonchev–Trinajstić information content (AvgIpc) is 3.17. The molecule has 0 N–H and O–H groups in total. The first-order valence-electron chi connectivity index (χ1n) is 11.7. The summed E-state index contributed by atoms with van der Waals surface area (Å²) in [7, 11) is 3.18. The van der Waals surface area contributed by atoms with Gasteiger partial charge >= 0.3 is 5.97 Å². The second-order valence-corrected chi connectivity index (χ2v) is 10.2. The van der Waals surface area contributed by atoms with Gasteiger partial charge in [-0.25, -0.2) is 9.79 Å². The molecule has 37 heavy (non-hydrogen) atoms. The Balaban J connectivity index is 1.94. The number of esters is 1. The van der Waals surface area contributed by atoms with Crippen molar-refractivity contribution < 1.29 is 23.7 Å². The molecule has 2 heterocycles. The Kier molecular flexibility index (Phi) is 8.38. The van der Waals surface area contributed by atoms with Gasteiger partial charge in [-0.2, -0.15) is 0 Å². The lowest BCUT2D eigenvalue weighted by atomic mass is 9.95. The van der Waals surface area contributed by atoms with Crippen molar-refractivity contribution in [1.29, 1.82) is 0 Å². The third kappa shape index (κ3) is 5.30. The van der Waals surface area contributed by atoms with Gasteiger partial charge in [0.1, 0.15) is 5.75 Å². The molecule has 0 fully saturated rings. The number of hydrogen-bond donors (Lipinski definition) is 0. The molecule has 3 aromatic rings. The van der Waals surface area contributed by atoms with E-state index in [0.29, 0.717) is 44.3 Å². The highest BCUT2D eigenvalue weighted by Gasteiger charge is 2.34. The molecule has 0 spiro atoms. The van der Waals surface area contributed by atoms with Crippen LogP contribution in [0.5, 0.6) is 17.2 Å². The molecular weight excluding hydrogens is 607 g/mol. The van der Waals surface area contributed by atoms with Gasteiger partial charge in [0, 0.05) is 0 Å². The maximum Gasteiger partial charge on any atom is 0.338 e. The number of rotatable bonds is 8. The number of hydrogen-bond acceptors (Lipinski definition) is 8. The van der Waals surface area contributed by atoms with Crippen molar-refractivity contribution in [1.82, 2.24) is 4.57 Å². The lowest BCUT2D eigenvalue weighted by Crippen LogP contribution is -2.40. The van der Waals surface area contributed by atoms with Crippen LogP contribution in [0.4, 0.5) is 0 Å². The number of thiazole rings is 1. The van der Waals surface area contributed by atoms with Gasteiger partial charge in [-0.05, 0) is 84.8 Å². The number of nitrogens with zero attached hydrogens (tertiary/aromatic N) is 2. The number of aromatic nitrogens is 1. The summed E-state index contributed by atoms with van der Waals surface area (Å²) in [6.45, 7) is 6.02. The third-order valence-corrected chi connectivity index (χ3v) is 7.62. The molecule has 1 aliphatic heterocycles. The third-order valence-electron chi connectivity index (χ3n) is 5.79. The van der Waals surface area contributed by atoms with E-state index in [2.05, 4.69) is 27.6 Å². The van der Waals surface area contributed by atoms with Crippen LogP contribution in [-0.4, -0.2) is 38.0 Å². The maximum atomic E-state index is 13.8. The van der Waals surface area contributed by atoms with E-state index in [1.54, 1.807) is 44.8 Å². The molecule has 1 aliphatic rings. The van der Waals surface area contributed by atoms with Crippen LogP contribution < -0.4 is 29.1 Å². The fourth-order valence-corrected chi connectivity index (χ4v) is 5.97. The topological polar surface area (TPSA) is 88.4 Å². The Bertz CT molecular complexity index is 1560. The summed E-state index contributed by atoms with van der Waals surface area (Å²) >= 11 is 3.47. The average molecular weight is 634 g/mol. The molecule has 10 heteroatoms. The second-order valence-electron chi connectivity index (χ2n) is 8.04. The minimum absolute atomic E-state index is 0.204. The van der Waals surface area contributed by atoms with E-state index >= 15 is 0 Å². The number of methoxy groups -OCH3 is 2. The molecule has 8 nitrogen and oxygen atoms in total. The van der Waals surface area contributed by atoms with Gasteiger partial charge in [0.25, 0.3) is 5.56 Å². The van der Waals surface area contributed by atoms with Crippen molar-refractivity contribution in [3.05, 3.63) is 82.1 Å². The molecule has 0 aliphatic carbocycles. The van der Waals surface area contributed by atoms with Crippen molar-refractivity contribution in [2.45, 2.75) is 26.8 Å². The van der Waals surface area contributed by atoms with Gasteiger partial charge in [-0.15, -0.1) is 0 Å². The molecule has 1 aromatic heterocycles. The molecule has 194 valence electrons. The van der Waals surface area contributed by atoms with Crippen LogP contribution in [0.1, 0.15) is 37.9 Å². The first kappa shape index (κ1) is 26.9. The first-order chi connectivity index (χ1) is 17.8. The molecule has 0 saturated heterocycles. The number of carbonyl (C=O) groups is 1. The van der Waals surface area contributed by atoms with E-state index in [9.17, 15) is 9.59 Å². The van der Waals surface area contributed by atoms with Gasteiger partial charge in [0.05, 0.1) is 52.8 Å². The summed E-state index contributed by atoms with van der Waals surface area (Å²) in [4.78, 5) is 32.0. The number of fused-ring (bicyclic) bond motifs is 1. The van der Waals surface area contributed by atoms with Crippen LogP contribution in [-0.2, 0) is 9.53 Å². The Morgan fingerprint density at radius 3 is 2.46 bits per heavy atom. The predicted molar refractivity (Wildman–Crippen MR) is 150 cm³/mol. The van der Waals surface area contributed by atoms with Crippen LogP contribution in [0.25, 0.3) is 6.08 Å². The highest BCUT2D eigenvalue weighted by Crippen LogP contribution is 2.36. The molecule has 0 radical (unpaired) electrons. The van der Waals surface area contributed by atoms with E-state index in [4.69, 9.17) is 18.9 Å². The molecule has 0 bridgehead atoms. The monoisotopic (exact) mass is 634 g/mol. The van der Waals surface area contributed by atoms with Gasteiger partial charge in [-0.1, -0.05) is 23.5 Å². The number of ether oxygens (including phenoxy) is 4. The quantitative estimate of drug-likeness (QED) is 0.277. The van der Waals surface area contributed by atoms with Crippen LogP contribution in [0.15, 0.2) is 57.5 Å². The number of carbonyl (C=O) groups excluding carboxylic acids is 1. The molecular formula is C27H27IN2O6S. The van der Waals surface area contributed by atoms with Gasteiger partial charge < -0.3 is 18.9 Å². The zero-order valence-electron chi connectivity index (χ0n) is 21.2. The SMILES string of the molecule is CCOC(=O)C1=C(C)N=c2s/c(=C/c3ccc(OC)c(I)c3)c(=O)n2[C@H]1c1ccc(OC)c(OCC)c1. The normalized spacial score (nSPS) is 15.2. The summed E-state index contributed by atoms with van der Waals surface area (Å²) in [5.41, 5.74) is 2.11. The van der Waals surface area contributed by atoms with E-state index < -0.39 is 12.0 Å². The standard InChI is InChI=1S/C27H27IN2O6S/c1-6-35-21-14-17(9-11-20(21)34-5)24-23(26(32)36-7-2)15(3)29-27-30(24)25(31)22(37-27)13-16-8-10-19(33-4)18(28)12-16/h8-14,24H,6-7H2,1-5H3/b22-13+/t24-/m0/s1. The Labute approximate surface area is 232 Å². The van der Waals surface area contributed by atoms with Gasteiger partial charge in [0.15, 0.2) is 16.3 Å². The molecule has 1 atom stereocenters. The summed E-state index contributed by atoms with van der Waals surface area (Å²) in [6, 6.07) is 10.4. The van der Waals surface area contributed by atoms with Crippen LogP contribution in [0, 0.1) is 3.57 Å². The summed E-state index contributed by atoms with van der Waals surface area (Å²) in [5, 5.41) is 0. The van der Waals surface area contributed by atoms with E-state index in [0.717, 1.165) is 14.9 Å².